The van der Waals surface area contributed by atoms with E-state index in [0.29, 0.717) is 5.92 Å². The van der Waals surface area contributed by atoms with Gasteiger partial charge >= 0.3 is 0 Å². The van der Waals surface area contributed by atoms with Gasteiger partial charge in [-0.05, 0) is 48.3 Å². The molecule has 0 fully saturated rings. The molecular weight excluding hydrogens is 379 g/mol. The molecule has 0 saturated heterocycles. The molecule has 2 aromatic carbocycles. The van der Waals surface area contributed by atoms with Gasteiger partial charge in [-0.15, -0.1) is 0 Å². The Hall–Kier alpha value is -1.45. The van der Waals surface area contributed by atoms with E-state index in [4.69, 9.17) is 5.73 Å². The number of nitrogens with two attached hydrogens (primary N) is 1. The summed E-state index contributed by atoms with van der Waals surface area (Å²) in [5.41, 5.74) is 14.4. The van der Waals surface area contributed by atoms with Crippen LogP contribution in [0.2, 0.25) is 0 Å². The number of nitrogens with one attached hydrogen (secondary N) is 2. The summed E-state index contributed by atoms with van der Waals surface area (Å²) in [6.07, 6.45) is 0. The smallest absolute Gasteiger partial charge is 0.182 e. The van der Waals surface area contributed by atoms with Crippen molar-refractivity contribution in [1.82, 2.24) is 5.43 Å². The molecular formula is C17H23N3RuS. The van der Waals surface area contributed by atoms with Gasteiger partial charge in [0, 0.05) is 19.5 Å². The molecule has 2 rings (SSSR count). The van der Waals surface area contributed by atoms with Crippen LogP contribution in [0.15, 0.2) is 54.6 Å². The molecule has 0 atom stereocenters. The van der Waals surface area contributed by atoms with E-state index in [1.165, 1.54) is 11.1 Å². The van der Waals surface area contributed by atoms with Gasteiger partial charge in [-0.3, -0.25) is 10.9 Å². The maximum absolute atomic E-state index is 5.20. The van der Waals surface area contributed by atoms with Crippen molar-refractivity contribution in [2.24, 2.45) is 5.73 Å². The first kappa shape index (κ1) is 20.6. The molecule has 5 heteroatoms. The van der Waals surface area contributed by atoms with E-state index < -0.39 is 0 Å². The van der Waals surface area contributed by atoms with Crippen LogP contribution < -0.4 is 16.6 Å². The van der Waals surface area contributed by atoms with Gasteiger partial charge in [-0.2, -0.15) is 0 Å². The number of thiocarbonyl (C=S) groups is 1. The van der Waals surface area contributed by atoms with Crippen LogP contribution in [-0.2, 0) is 19.5 Å². The largest absolute Gasteiger partial charge is 0.375 e. The maximum Gasteiger partial charge on any atom is 0.182 e. The van der Waals surface area contributed by atoms with Crippen molar-refractivity contribution in [3.8, 4) is 0 Å². The number of hydrogen-bond donors (Lipinski definition) is 3. The number of hydrazine groups is 1. The molecule has 0 aliphatic rings. The van der Waals surface area contributed by atoms with Crippen molar-refractivity contribution in [2.45, 2.75) is 26.7 Å². The number of hydrogen-bond acceptors (Lipinski definition) is 2. The average Bonchev–Trinajstić information content (AvgIpc) is 2.47. The van der Waals surface area contributed by atoms with E-state index in [1.54, 1.807) is 0 Å². The number of rotatable bonds is 3. The van der Waals surface area contributed by atoms with E-state index in [0.717, 1.165) is 5.69 Å². The molecule has 0 aliphatic carbocycles. The standard InChI is InChI=1S/C10H14.C7H9N3S.Ru/c1-8(2)10-7-5-4-6-9(10)3;8-7(11)10-9-6-4-2-1-3-5-6;/h4-8H,1-3H3;1-5,9H,(H3,8,10,11);. The van der Waals surface area contributed by atoms with E-state index in [-0.39, 0.29) is 24.6 Å². The van der Waals surface area contributed by atoms with Crippen LogP contribution in [0.5, 0.6) is 0 Å². The Morgan fingerprint density at radius 1 is 1.00 bits per heavy atom. The van der Waals surface area contributed by atoms with E-state index in [9.17, 15) is 0 Å². The van der Waals surface area contributed by atoms with Gasteiger partial charge in [-0.1, -0.05) is 56.3 Å². The quantitative estimate of drug-likeness (QED) is 0.413. The van der Waals surface area contributed by atoms with Crippen LogP contribution in [0, 0.1) is 6.92 Å². The van der Waals surface area contributed by atoms with Crippen molar-refractivity contribution >= 4 is 23.0 Å². The van der Waals surface area contributed by atoms with E-state index in [2.05, 4.69) is 68.1 Å². The minimum Gasteiger partial charge on any atom is -0.375 e. The van der Waals surface area contributed by atoms with Crippen molar-refractivity contribution in [2.75, 3.05) is 5.43 Å². The minimum atomic E-state index is 0. The Bertz CT molecular complexity index is 559. The zero-order valence-corrected chi connectivity index (χ0v) is 15.7. The molecule has 0 spiro atoms. The van der Waals surface area contributed by atoms with Crippen molar-refractivity contribution in [1.29, 1.82) is 0 Å². The van der Waals surface area contributed by atoms with Crippen LogP contribution in [0.25, 0.3) is 0 Å². The van der Waals surface area contributed by atoms with Gasteiger partial charge in [-0.25, -0.2) is 0 Å². The third-order valence-corrected chi connectivity index (χ3v) is 3.02. The van der Waals surface area contributed by atoms with Gasteiger partial charge in [0.15, 0.2) is 5.11 Å². The number of aryl methyl sites for hydroxylation is 1. The fourth-order valence-electron chi connectivity index (χ4n) is 1.89. The molecule has 4 N–H and O–H groups in total. The molecule has 0 saturated carbocycles. The first-order valence-corrected chi connectivity index (χ1v) is 7.33. The second-order valence-electron chi connectivity index (χ2n) is 4.99. The first-order valence-electron chi connectivity index (χ1n) is 6.92. The summed E-state index contributed by atoms with van der Waals surface area (Å²) in [6.45, 7) is 6.61. The third-order valence-electron chi connectivity index (χ3n) is 2.91. The summed E-state index contributed by atoms with van der Waals surface area (Å²) in [5.74, 6) is 0.654. The molecule has 0 aromatic heterocycles. The summed E-state index contributed by atoms with van der Waals surface area (Å²) in [5, 5.41) is 0.230. The van der Waals surface area contributed by atoms with Gasteiger partial charge in [0.05, 0.1) is 5.69 Å². The van der Waals surface area contributed by atoms with Gasteiger partial charge in [0.1, 0.15) is 0 Å². The summed E-state index contributed by atoms with van der Waals surface area (Å²) < 4.78 is 0. The summed E-state index contributed by atoms with van der Waals surface area (Å²) >= 11 is 4.60. The Morgan fingerprint density at radius 2 is 1.55 bits per heavy atom. The van der Waals surface area contributed by atoms with Crippen LogP contribution in [0.1, 0.15) is 30.9 Å². The first-order chi connectivity index (χ1) is 10.0. The zero-order valence-electron chi connectivity index (χ0n) is 13.1. The minimum absolute atomic E-state index is 0. The van der Waals surface area contributed by atoms with Crippen molar-refractivity contribution in [3.63, 3.8) is 0 Å². The topological polar surface area (TPSA) is 50.1 Å². The normalized spacial score (nSPS) is 9.09. The van der Waals surface area contributed by atoms with Crippen molar-refractivity contribution in [3.05, 3.63) is 65.7 Å². The molecule has 22 heavy (non-hydrogen) atoms. The molecule has 120 valence electrons. The predicted octanol–water partition coefficient (Wildman–Crippen LogP) is 3.96. The molecule has 2 aromatic rings. The van der Waals surface area contributed by atoms with Crippen LogP contribution >= 0.6 is 12.2 Å². The Kier molecular flexibility index (Phi) is 10.4. The predicted molar refractivity (Wildman–Crippen MR) is 95.3 cm³/mol. The fraction of sp³-hybridized carbons (Fsp3) is 0.235. The molecule has 0 amide bonds. The Balaban J connectivity index is 0.000000385. The fourth-order valence-corrected chi connectivity index (χ4v) is 1.94. The van der Waals surface area contributed by atoms with Gasteiger partial charge in [0.25, 0.3) is 0 Å². The number of benzene rings is 2. The second-order valence-corrected chi connectivity index (χ2v) is 5.43. The maximum atomic E-state index is 5.20. The molecule has 3 nitrogen and oxygen atoms in total. The molecule has 0 aliphatic heterocycles. The average molecular weight is 403 g/mol. The molecule has 0 radical (unpaired) electrons. The number of anilines is 1. The van der Waals surface area contributed by atoms with Crippen LogP contribution in [0.4, 0.5) is 5.69 Å². The SMILES string of the molecule is Cc1ccccc1C(C)C.NC(=S)NNc1ccccc1.[Ru]. The summed E-state index contributed by atoms with van der Waals surface area (Å²) in [4.78, 5) is 0. The molecule has 0 heterocycles. The monoisotopic (exact) mass is 403 g/mol. The third kappa shape index (κ3) is 8.11. The Morgan fingerprint density at radius 3 is 2.00 bits per heavy atom. The summed E-state index contributed by atoms with van der Waals surface area (Å²) in [7, 11) is 0. The van der Waals surface area contributed by atoms with Crippen molar-refractivity contribution < 1.29 is 19.5 Å². The van der Waals surface area contributed by atoms with Crippen LogP contribution in [-0.4, -0.2) is 5.11 Å². The summed E-state index contributed by atoms with van der Waals surface area (Å²) in [6, 6.07) is 18.1. The Labute approximate surface area is 151 Å². The van der Waals surface area contributed by atoms with Crippen LogP contribution in [0.3, 0.4) is 0 Å². The second kappa shape index (κ2) is 11.2. The van der Waals surface area contributed by atoms with Gasteiger partial charge < -0.3 is 5.73 Å². The van der Waals surface area contributed by atoms with E-state index in [1.807, 2.05) is 30.3 Å². The zero-order chi connectivity index (χ0) is 15.7. The molecule has 0 unspecified atom stereocenters. The van der Waals surface area contributed by atoms with Gasteiger partial charge in [0.2, 0.25) is 0 Å². The molecule has 0 bridgehead atoms. The van der Waals surface area contributed by atoms with E-state index >= 15 is 0 Å². The number of para-hydroxylation sites is 1.